The van der Waals surface area contributed by atoms with E-state index in [1.54, 1.807) is 20.2 Å². The summed E-state index contributed by atoms with van der Waals surface area (Å²) in [5, 5.41) is 14.2. The molecule has 1 amide bonds. The Bertz CT molecular complexity index is 731. The fourth-order valence-corrected chi connectivity index (χ4v) is 2.94. The highest BCUT2D eigenvalue weighted by Crippen LogP contribution is 2.36. The minimum Gasteiger partial charge on any atom is -0.378 e. The van der Waals surface area contributed by atoms with Gasteiger partial charge in [0.15, 0.2) is 5.82 Å². The summed E-state index contributed by atoms with van der Waals surface area (Å²) < 4.78 is 6.57. The maximum Gasteiger partial charge on any atom is 0.275 e. The van der Waals surface area contributed by atoms with E-state index in [9.17, 15) is 4.79 Å². The number of rotatable bonds is 5. The average Bonchev–Trinajstić information content (AvgIpc) is 3.20. The molecule has 1 saturated carbocycles. The number of hydrogen-bond acceptors (Lipinski definition) is 4. The van der Waals surface area contributed by atoms with E-state index < -0.39 is 0 Å². The molecule has 2 aromatic heterocycles. The minimum atomic E-state index is -0.240. The summed E-state index contributed by atoms with van der Waals surface area (Å²) in [5.74, 6) is 0.707. The molecule has 0 saturated heterocycles. The highest BCUT2D eigenvalue weighted by molar-refractivity contribution is 6.02. The van der Waals surface area contributed by atoms with Crippen molar-refractivity contribution in [3.8, 4) is 0 Å². The number of aromatic amines is 1. The zero-order valence-corrected chi connectivity index (χ0v) is 13.4. The molecule has 0 radical (unpaired) electrons. The molecule has 0 aromatic carbocycles. The first kappa shape index (κ1) is 15.5. The SMILES string of the molecule is C=C1CCC(c2cc(NC(=O)c3cc(COC)nn3C)n[nH]2)C1. The Morgan fingerprint density at radius 1 is 1.57 bits per heavy atom. The maximum atomic E-state index is 12.4. The van der Waals surface area contributed by atoms with Crippen LogP contribution in [0.1, 0.15) is 47.1 Å². The van der Waals surface area contributed by atoms with E-state index in [2.05, 4.69) is 27.2 Å². The van der Waals surface area contributed by atoms with Gasteiger partial charge in [0.05, 0.1) is 12.3 Å². The molecule has 1 aliphatic carbocycles. The summed E-state index contributed by atoms with van der Waals surface area (Å²) in [5.41, 5.74) is 3.50. The lowest BCUT2D eigenvalue weighted by atomic mass is 10.0. The van der Waals surface area contributed by atoms with Crippen LogP contribution in [0.3, 0.4) is 0 Å². The zero-order chi connectivity index (χ0) is 16.4. The number of aromatic nitrogens is 4. The third-order valence-electron chi connectivity index (χ3n) is 4.12. The largest absolute Gasteiger partial charge is 0.378 e. The smallest absolute Gasteiger partial charge is 0.275 e. The van der Waals surface area contributed by atoms with Crippen LogP contribution in [-0.4, -0.2) is 33.0 Å². The fraction of sp³-hybridized carbons (Fsp3) is 0.438. The van der Waals surface area contributed by atoms with Crippen molar-refractivity contribution >= 4 is 11.7 Å². The minimum absolute atomic E-state index is 0.240. The van der Waals surface area contributed by atoms with Crippen molar-refractivity contribution in [2.24, 2.45) is 7.05 Å². The lowest BCUT2D eigenvalue weighted by molar-refractivity contribution is 0.101. The Hall–Kier alpha value is -2.41. The van der Waals surface area contributed by atoms with Gasteiger partial charge in [0.2, 0.25) is 0 Å². The summed E-state index contributed by atoms with van der Waals surface area (Å²) in [6.07, 6.45) is 3.12. The lowest BCUT2D eigenvalue weighted by Gasteiger charge is -2.03. The van der Waals surface area contributed by atoms with E-state index >= 15 is 0 Å². The van der Waals surface area contributed by atoms with Gasteiger partial charge in [-0.25, -0.2) is 0 Å². The van der Waals surface area contributed by atoms with Crippen LogP contribution in [0.2, 0.25) is 0 Å². The van der Waals surface area contributed by atoms with Crippen molar-refractivity contribution in [2.75, 3.05) is 12.4 Å². The fourth-order valence-electron chi connectivity index (χ4n) is 2.94. The predicted octanol–water partition coefficient (Wildman–Crippen LogP) is 2.37. The van der Waals surface area contributed by atoms with Crippen molar-refractivity contribution in [1.29, 1.82) is 0 Å². The molecule has 122 valence electrons. The maximum absolute atomic E-state index is 12.4. The molecular formula is C16H21N5O2. The number of aryl methyl sites for hydroxylation is 1. The summed E-state index contributed by atoms with van der Waals surface area (Å²) >= 11 is 0. The molecule has 0 aliphatic heterocycles. The van der Waals surface area contributed by atoms with Gasteiger partial charge in [0.1, 0.15) is 5.69 Å². The Kier molecular flexibility index (Phi) is 4.29. The molecule has 1 unspecified atom stereocenters. The molecule has 0 bridgehead atoms. The summed E-state index contributed by atoms with van der Waals surface area (Å²) in [6, 6.07) is 3.61. The highest BCUT2D eigenvalue weighted by Gasteiger charge is 2.22. The van der Waals surface area contributed by atoms with Crippen LogP contribution in [0, 0.1) is 0 Å². The summed E-state index contributed by atoms with van der Waals surface area (Å²) in [4.78, 5) is 12.4. The molecule has 2 aromatic rings. The summed E-state index contributed by atoms with van der Waals surface area (Å²) in [7, 11) is 3.32. The molecule has 3 rings (SSSR count). The molecule has 7 heteroatoms. The molecule has 7 nitrogen and oxygen atoms in total. The van der Waals surface area contributed by atoms with E-state index in [0.29, 0.717) is 29.7 Å². The normalized spacial score (nSPS) is 17.7. The molecule has 1 fully saturated rings. The van der Waals surface area contributed by atoms with Crippen LogP contribution in [-0.2, 0) is 18.4 Å². The Labute approximate surface area is 134 Å². The molecule has 1 aliphatic rings. The Balaban J connectivity index is 1.68. The van der Waals surface area contributed by atoms with Crippen molar-refractivity contribution in [3.63, 3.8) is 0 Å². The Morgan fingerprint density at radius 3 is 3.09 bits per heavy atom. The molecule has 0 spiro atoms. The quantitative estimate of drug-likeness (QED) is 0.830. The number of carbonyl (C=O) groups is 1. The molecule has 1 atom stereocenters. The van der Waals surface area contributed by atoms with Crippen molar-refractivity contribution in [3.05, 3.63) is 41.4 Å². The number of ether oxygens (including phenoxy) is 1. The number of H-pyrrole nitrogens is 1. The second-order valence-corrected chi connectivity index (χ2v) is 5.93. The predicted molar refractivity (Wildman–Crippen MR) is 86.2 cm³/mol. The van der Waals surface area contributed by atoms with Crippen molar-refractivity contribution in [2.45, 2.75) is 31.8 Å². The van der Waals surface area contributed by atoms with Gasteiger partial charge in [-0.3, -0.25) is 14.6 Å². The van der Waals surface area contributed by atoms with Gasteiger partial charge in [0.25, 0.3) is 5.91 Å². The zero-order valence-electron chi connectivity index (χ0n) is 13.4. The number of hydrogen-bond donors (Lipinski definition) is 2. The van der Waals surface area contributed by atoms with E-state index in [-0.39, 0.29) is 5.91 Å². The average molecular weight is 315 g/mol. The standard InChI is InChI=1S/C16H21N5O2/c1-10-4-5-11(6-10)13-8-15(19-18-13)17-16(22)14-7-12(9-23-3)20-21(14)2/h7-8,11H,1,4-6,9H2,2-3H3,(H2,17,18,19,22). The van der Waals surface area contributed by atoms with Gasteiger partial charge in [-0.15, -0.1) is 0 Å². The van der Waals surface area contributed by atoms with Gasteiger partial charge in [-0.1, -0.05) is 12.2 Å². The second-order valence-electron chi connectivity index (χ2n) is 5.93. The lowest BCUT2D eigenvalue weighted by Crippen LogP contribution is -2.16. The monoisotopic (exact) mass is 315 g/mol. The van der Waals surface area contributed by atoms with E-state index in [0.717, 1.165) is 25.0 Å². The number of amides is 1. The summed E-state index contributed by atoms with van der Waals surface area (Å²) in [6.45, 7) is 4.40. The van der Waals surface area contributed by atoms with Crippen LogP contribution in [0.4, 0.5) is 5.82 Å². The molecular weight excluding hydrogens is 294 g/mol. The molecule has 2 heterocycles. The molecule has 23 heavy (non-hydrogen) atoms. The number of allylic oxidation sites excluding steroid dienone is 1. The van der Waals surface area contributed by atoms with Gasteiger partial charge in [-0.05, 0) is 25.3 Å². The van der Waals surface area contributed by atoms with Gasteiger partial charge in [0, 0.05) is 31.8 Å². The first-order valence-electron chi connectivity index (χ1n) is 7.62. The van der Waals surface area contributed by atoms with Crippen LogP contribution in [0.25, 0.3) is 0 Å². The number of carbonyl (C=O) groups excluding carboxylic acids is 1. The Morgan fingerprint density at radius 2 is 2.39 bits per heavy atom. The van der Waals surface area contributed by atoms with Crippen LogP contribution in [0.5, 0.6) is 0 Å². The number of anilines is 1. The second kappa shape index (κ2) is 6.37. The third kappa shape index (κ3) is 3.34. The van der Waals surface area contributed by atoms with Gasteiger partial charge in [-0.2, -0.15) is 10.2 Å². The number of methoxy groups -OCH3 is 1. The first-order chi connectivity index (χ1) is 11.1. The highest BCUT2D eigenvalue weighted by atomic mass is 16.5. The van der Waals surface area contributed by atoms with E-state index in [4.69, 9.17) is 4.74 Å². The van der Waals surface area contributed by atoms with Crippen molar-refractivity contribution in [1.82, 2.24) is 20.0 Å². The van der Waals surface area contributed by atoms with Crippen molar-refractivity contribution < 1.29 is 9.53 Å². The van der Waals surface area contributed by atoms with Crippen LogP contribution in [0.15, 0.2) is 24.3 Å². The van der Waals surface area contributed by atoms with E-state index in [1.165, 1.54) is 10.3 Å². The number of nitrogens with zero attached hydrogens (tertiary/aromatic N) is 3. The van der Waals surface area contributed by atoms with E-state index in [1.807, 2.05) is 6.07 Å². The van der Waals surface area contributed by atoms with Crippen LogP contribution < -0.4 is 5.32 Å². The third-order valence-corrected chi connectivity index (χ3v) is 4.12. The topological polar surface area (TPSA) is 84.8 Å². The molecule has 2 N–H and O–H groups in total. The first-order valence-corrected chi connectivity index (χ1v) is 7.62. The van der Waals surface area contributed by atoms with Gasteiger partial charge < -0.3 is 10.1 Å². The van der Waals surface area contributed by atoms with Crippen LogP contribution >= 0.6 is 0 Å². The van der Waals surface area contributed by atoms with Gasteiger partial charge >= 0.3 is 0 Å². The number of nitrogens with one attached hydrogen (secondary N) is 2.